The molecule has 1 aromatic rings. The molecule has 102 valence electrons. The molecule has 0 radical (unpaired) electrons. The minimum atomic E-state index is -3.90. The summed E-state index contributed by atoms with van der Waals surface area (Å²) in [6, 6.07) is 6.29. The Hall–Kier alpha value is 0.715. The van der Waals surface area contributed by atoms with Gasteiger partial charge in [-0.2, -0.15) is 0 Å². The summed E-state index contributed by atoms with van der Waals surface area (Å²) in [7, 11) is -5.62. The summed E-state index contributed by atoms with van der Waals surface area (Å²) in [5, 5.41) is 0. The van der Waals surface area contributed by atoms with Gasteiger partial charge in [0, 0.05) is 26.5 Å². The van der Waals surface area contributed by atoms with Crippen LogP contribution in [0.15, 0.2) is 24.3 Å². The molecule has 0 bridgehead atoms. The third-order valence-electron chi connectivity index (χ3n) is 2.30. The van der Waals surface area contributed by atoms with Gasteiger partial charge in [-0.3, -0.25) is 0 Å². The molecule has 10 heteroatoms. The third kappa shape index (κ3) is 8.23. The van der Waals surface area contributed by atoms with Gasteiger partial charge in [0.05, 0.1) is 0 Å². The topological polar surface area (TPSA) is 98.7 Å². The maximum absolute atomic E-state index is 11.3. The fraction of sp³-hybridized carbons (Fsp3) is 0.400. The summed E-state index contributed by atoms with van der Waals surface area (Å²) in [6.45, 7) is 0. The first kappa shape index (κ1) is 23.0. The zero-order valence-electron chi connectivity index (χ0n) is 12.1. The van der Waals surface area contributed by atoms with E-state index in [1.165, 1.54) is 6.07 Å². The van der Waals surface area contributed by atoms with Crippen LogP contribution in [0.5, 0.6) is 0 Å². The zero-order chi connectivity index (χ0) is 13.8. The number of benzene rings is 1. The van der Waals surface area contributed by atoms with Crippen molar-refractivity contribution in [3.63, 3.8) is 0 Å². The van der Waals surface area contributed by atoms with E-state index in [-0.39, 0.29) is 50.0 Å². The molecule has 0 spiro atoms. The Morgan fingerprint density at radius 1 is 0.950 bits per heavy atom. The molecule has 6 nitrogen and oxygen atoms in total. The summed E-state index contributed by atoms with van der Waals surface area (Å²) in [4.78, 5) is 22.6. The molecule has 0 fully saturated rings. The first-order valence-corrected chi connectivity index (χ1v) is 8.53. The van der Waals surface area contributed by atoms with Crippen LogP contribution in [0.3, 0.4) is 0 Å². The first-order valence-electron chi connectivity index (χ1n) is 5.07. The van der Waals surface area contributed by atoms with Crippen LogP contribution in [0.4, 0.5) is 0 Å². The molecule has 0 N–H and O–H groups in total. The van der Waals surface area contributed by atoms with E-state index in [0.717, 1.165) is 14.2 Å². The monoisotopic (exact) mass is 306 g/mol. The first-order chi connectivity index (χ1) is 8.28. The molecule has 0 heterocycles. The Labute approximate surface area is 142 Å². The van der Waals surface area contributed by atoms with E-state index < -0.39 is 15.2 Å². The standard InChI is InChI=1S/C10H16O6P2.2Li/c1-15-17(11,12)7-9-4-3-5-10(6-9)8-18(13,14)16-2;;/h3-6H,7-8H2,1-2H3,(H,11,12)(H,13,14);;/q;2*+1/p-2. The molecule has 2 unspecified atom stereocenters. The van der Waals surface area contributed by atoms with Crippen LogP contribution in [0.25, 0.3) is 0 Å². The average Bonchev–Trinajstić information content (AvgIpc) is 2.28. The van der Waals surface area contributed by atoms with Crippen molar-refractivity contribution in [1.82, 2.24) is 0 Å². The molecule has 20 heavy (non-hydrogen) atoms. The Morgan fingerprint density at radius 3 is 1.60 bits per heavy atom. The van der Waals surface area contributed by atoms with E-state index in [2.05, 4.69) is 9.05 Å². The molecule has 0 aliphatic heterocycles. The second-order valence-corrected chi connectivity index (χ2v) is 7.53. The van der Waals surface area contributed by atoms with E-state index in [1.807, 2.05) is 0 Å². The molecule has 0 saturated carbocycles. The van der Waals surface area contributed by atoms with Crippen LogP contribution in [0.2, 0.25) is 0 Å². The van der Waals surface area contributed by atoms with Crippen molar-refractivity contribution in [1.29, 1.82) is 0 Å². The molecule has 0 aliphatic rings. The predicted molar refractivity (Wildman–Crippen MR) is 63.1 cm³/mol. The Bertz CT molecular complexity index is 469. The van der Waals surface area contributed by atoms with Crippen LogP contribution in [-0.4, -0.2) is 14.2 Å². The molecule has 2 atom stereocenters. The Kier molecular flexibility index (Phi) is 11.1. The van der Waals surface area contributed by atoms with Gasteiger partial charge in [0.2, 0.25) is 0 Å². The van der Waals surface area contributed by atoms with Gasteiger partial charge in [0.25, 0.3) is 0 Å². The van der Waals surface area contributed by atoms with Crippen LogP contribution in [-0.2, 0) is 30.5 Å². The number of hydrogen-bond acceptors (Lipinski definition) is 6. The van der Waals surface area contributed by atoms with E-state index in [9.17, 15) is 18.9 Å². The molecule has 1 aromatic carbocycles. The van der Waals surface area contributed by atoms with Gasteiger partial charge < -0.3 is 28.0 Å². The molecule has 0 aromatic heterocycles. The fourth-order valence-electron chi connectivity index (χ4n) is 1.40. The predicted octanol–water partition coefficient (Wildman–Crippen LogP) is -4.91. The number of hydrogen-bond donors (Lipinski definition) is 0. The summed E-state index contributed by atoms with van der Waals surface area (Å²) < 4.78 is 31.3. The van der Waals surface area contributed by atoms with Gasteiger partial charge in [-0.1, -0.05) is 24.3 Å². The zero-order valence-corrected chi connectivity index (χ0v) is 13.9. The van der Waals surface area contributed by atoms with Gasteiger partial charge in [-0.05, 0) is 11.1 Å². The molecule has 0 amide bonds. The molecule has 0 saturated heterocycles. The van der Waals surface area contributed by atoms with Crippen molar-refractivity contribution in [3.8, 4) is 0 Å². The van der Waals surface area contributed by atoms with Crippen LogP contribution in [0, 0.1) is 0 Å². The molecule has 0 aliphatic carbocycles. The van der Waals surface area contributed by atoms with Crippen molar-refractivity contribution in [2.75, 3.05) is 14.2 Å². The molecular weight excluding hydrogens is 292 g/mol. The quantitative estimate of drug-likeness (QED) is 0.386. The van der Waals surface area contributed by atoms with Crippen LogP contribution < -0.4 is 47.5 Å². The van der Waals surface area contributed by atoms with Gasteiger partial charge in [-0.25, -0.2) is 0 Å². The van der Waals surface area contributed by atoms with Crippen molar-refractivity contribution in [2.24, 2.45) is 0 Å². The van der Waals surface area contributed by atoms with Crippen molar-refractivity contribution < 1.29 is 65.7 Å². The molecule has 1 rings (SSSR count). The van der Waals surface area contributed by atoms with Crippen molar-refractivity contribution >= 4 is 15.2 Å². The summed E-state index contributed by atoms with van der Waals surface area (Å²) in [5.74, 6) is 0. The SMILES string of the molecule is COP(=O)([O-])Cc1cccc(CP(=O)([O-])OC)c1.[Li+].[Li+]. The van der Waals surface area contributed by atoms with Crippen molar-refractivity contribution in [2.45, 2.75) is 12.3 Å². The van der Waals surface area contributed by atoms with E-state index >= 15 is 0 Å². The van der Waals surface area contributed by atoms with Crippen molar-refractivity contribution in [3.05, 3.63) is 35.4 Å². The minimum Gasteiger partial charge on any atom is -0.778 e. The Balaban J connectivity index is 0. The number of rotatable bonds is 6. The van der Waals surface area contributed by atoms with E-state index in [0.29, 0.717) is 11.1 Å². The van der Waals surface area contributed by atoms with Gasteiger partial charge >= 0.3 is 37.7 Å². The summed E-state index contributed by atoms with van der Waals surface area (Å²) in [5.41, 5.74) is 0.951. The van der Waals surface area contributed by atoms with Crippen LogP contribution >= 0.6 is 15.2 Å². The van der Waals surface area contributed by atoms with E-state index in [1.54, 1.807) is 18.2 Å². The normalized spacial score (nSPS) is 16.2. The van der Waals surface area contributed by atoms with E-state index in [4.69, 9.17) is 0 Å². The molecular formula is C10H14Li2O6P2. The summed E-state index contributed by atoms with van der Waals surface area (Å²) >= 11 is 0. The second-order valence-electron chi connectivity index (χ2n) is 3.72. The largest absolute Gasteiger partial charge is 1.00 e. The second kappa shape index (κ2) is 9.68. The minimum absolute atomic E-state index is 0. The third-order valence-corrected chi connectivity index (χ3v) is 4.92. The smallest absolute Gasteiger partial charge is 0.778 e. The van der Waals surface area contributed by atoms with Gasteiger partial charge in [0.1, 0.15) is 15.2 Å². The maximum atomic E-state index is 11.3. The van der Waals surface area contributed by atoms with Gasteiger partial charge in [0.15, 0.2) is 0 Å². The fourth-order valence-corrected chi connectivity index (χ4v) is 2.95. The Morgan fingerprint density at radius 2 is 1.30 bits per heavy atom. The van der Waals surface area contributed by atoms with Crippen LogP contribution in [0.1, 0.15) is 11.1 Å². The maximum Gasteiger partial charge on any atom is 1.00 e. The average molecular weight is 306 g/mol. The van der Waals surface area contributed by atoms with Gasteiger partial charge in [-0.15, -0.1) is 0 Å². The summed E-state index contributed by atoms with van der Waals surface area (Å²) in [6.07, 6.45) is -0.541.